The van der Waals surface area contributed by atoms with Gasteiger partial charge in [-0.2, -0.15) is 0 Å². The molecule has 0 aromatic heterocycles. The molecule has 2 rings (SSSR count). The topological polar surface area (TPSA) is 55.4 Å². The molecule has 4 heteroatoms. The lowest BCUT2D eigenvalue weighted by Gasteiger charge is -2.05. The first kappa shape index (κ1) is 12.8. The van der Waals surface area contributed by atoms with Crippen molar-refractivity contribution in [1.82, 2.24) is 5.32 Å². The third-order valence-corrected chi connectivity index (χ3v) is 2.48. The van der Waals surface area contributed by atoms with Crippen LogP contribution < -0.4 is 10.1 Å². The van der Waals surface area contributed by atoms with Crippen LogP contribution in [0.15, 0.2) is 54.6 Å². The van der Waals surface area contributed by atoms with Gasteiger partial charge in [0.1, 0.15) is 5.75 Å². The number of imide groups is 1. The molecule has 0 unspecified atom stereocenters. The van der Waals surface area contributed by atoms with E-state index in [1.54, 1.807) is 42.5 Å². The summed E-state index contributed by atoms with van der Waals surface area (Å²) in [6.45, 7) is 1.93. The highest BCUT2D eigenvalue weighted by molar-refractivity contribution is 6.03. The van der Waals surface area contributed by atoms with Crippen molar-refractivity contribution >= 4 is 12.0 Å². The number of carbonyl (C=O) groups excluding carboxylic acids is 2. The Bertz CT molecular complexity index is 576. The fraction of sp³-hybridized carbons (Fsp3) is 0.0667. The summed E-state index contributed by atoms with van der Waals surface area (Å²) in [4.78, 5) is 23.2. The van der Waals surface area contributed by atoms with Gasteiger partial charge in [-0.15, -0.1) is 0 Å². The zero-order valence-electron chi connectivity index (χ0n) is 10.4. The van der Waals surface area contributed by atoms with Gasteiger partial charge in [0.25, 0.3) is 5.91 Å². The van der Waals surface area contributed by atoms with Gasteiger partial charge in [-0.25, -0.2) is 4.79 Å². The molecule has 0 spiro atoms. The molecule has 0 saturated carbocycles. The third kappa shape index (κ3) is 3.67. The van der Waals surface area contributed by atoms with Gasteiger partial charge in [-0.05, 0) is 31.2 Å². The first-order valence-electron chi connectivity index (χ1n) is 5.80. The molecule has 0 bridgehead atoms. The molecule has 0 fully saturated rings. The lowest BCUT2D eigenvalue weighted by Crippen LogP contribution is -2.32. The van der Waals surface area contributed by atoms with Gasteiger partial charge in [0.2, 0.25) is 0 Å². The quantitative estimate of drug-likeness (QED) is 0.897. The Morgan fingerprint density at radius 3 is 2.21 bits per heavy atom. The van der Waals surface area contributed by atoms with Gasteiger partial charge in [0.05, 0.1) is 0 Å². The zero-order chi connectivity index (χ0) is 13.7. The summed E-state index contributed by atoms with van der Waals surface area (Å²) in [6, 6.07) is 15.5. The maximum absolute atomic E-state index is 11.7. The van der Waals surface area contributed by atoms with Crippen molar-refractivity contribution in [1.29, 1.82) is 0 Å². The van der Waals surface area contributed by atoms with E-state index in [4.69, 9.17) is 4.74 Å². The highest BCUT2D eigenvalue weighted by atomic mass is 16.6. The standard InChI is InChI=1S/C15H13NO3/c1-11-7-9-13(10-8-11)19-15(18)16-14(17)12-5-3-2-4-6-12/h2-10H,1H3,(H,16,17,18). The molecule has 0 atom stereocenters. The monoisotopic (exact) mass is 255 g/mol. The smallest absolute Gasteiger partial charge is 0.410 e. The summed E-state index contributed by atoms with van der Waals surface area (Å²) >= 11 is 0. The largest absolute Gasteiger partial charge is 0.419 e. The van der Waals surface area contributed by atoms with Crippen LogP contribution in [0.1, 0.15) is 15.9 Å². The normalized spacial score (nSPS) is 9.74. The summed E-state index contributed by atoms with van der Waals surface area (Å²) in [7, 11) is 0. The summed E-state index contributed by atoms with van der Waals surface area (Å²) in [5.74, 6) is -0.0957. The van der Waals surface area contributed by atoms with Gasteiger partial charge in [-0.1, -0.05) is 35.9 Å². The second-order valence-electron chi connectivity index (χ2n) is 4.02. The van der Waals surface area contributed by atoms with E-state index >= 15 is 0 Å². The molecule has 96 valence electrons. The van der Waals surface area contributed by atoms with E-state index < -0.39 is 12.0 Å². The van der Waals surface area contributed by atoms with Crippen molar-refractivity contribution in [2.24, 2.45) is 0 Å². The van der Waals surface area contributed by atoms with Crippen LogP contribution >= 0.6 is 0 Å². The summed E-state index contributed by atoms with van der Waals surface area (Å²) in [5.41, 5.74) is 1.47. The van der Waals surface area contributed by atoms with Crippen molar-refractivity contribution in [2.75, 3.05) is 0 Å². The second kappa shape index (κ2) is 5.82. The van der Waals surface area contributed by atoms with E-state index in [-0.39, 0.29) is 0 Å². The van der Waals surface area contributed by atoms with Gasteiger partial charge < -0.3 is 4.74 Å². The molecule has 0 aliphatic heterocycles. The van der Waals surface area contributed by atoms with Gasteiger partial charge in [0, 0.05) is 5.56 Å². The molecule has 0 saturated heterocycles. The van der Waals surface area contributed by atoms with Crippen LogP contribution in [-0.2, 0) is 0 Å². The molecule has 2 aromatic carbocycles. The van der Waals surface area contributed by atoms with Crippen LogP contribution in [0.5, 0.6) is 5.75 Å². The molecule has 0 radical (unpaired) electrons. The van der Waals surface area contributed by atoms with Crippen LogP contribution in [0.4, 0.5) is 4.79 Å². The van der Waals surface area contributed by atoms with Gasteiger partial charge in [-0.3, -0.25) is 10.1 Å². The van der Waals surface area contributed by atoms with Crippen LogP contribution in [-0.4, -0.2) is 12.0 Å². The average Bonchev–Trinajstić information content (AvgIpc) is 2.42. The van der Waals surface area contributed by atoms with Crippen LogP contribution in [0.3, 0.4) is 0 Å². The minimum Gasteiger partial charge on any atom is -0.410 e. The lowest BCUT2D eigenvalue weighted by molar-refractivity contribution is 0.0951. The molecular formula is C15H13NO3. The molecule has 1 N–H and O–H groups in total. The number of benzene rings is 2. The molecule has 19 heavy (non-hydrogen) atoms. The third-order valence-electron chi connectivity index (χ3n) is 2.48. The van der Waals surface area contributed by atoms with Crippen molar-refractivity contribution in [2.45, 2.75) is 6.92 Å². The number of aryl methyl sites for hydroxylation is 1. The number of hydrogen-bond donors (Lipinski definition) is 1. The summed E-state index contributed by atoms with van der Waals surface area (Å²) < 4.78 is 4.99. The van der Waals surface area contributed by atoms with Gasteiger partial charge >= 0.3 is 6.09 Å². The van der Waals surface area contributed by atoms with Crippen molar-refractivity contribution in [3.8, 4) is 5.75 Å². The Morgan fingerprint density at radius 1 is 0.947 bits per heavy atom. The first-order valence-corrected chi connectivity index (χ1v) is 5.80. The number of rotatable bonds is 2. The maximum atomic E-state index is 11.7. The Labute approximate surface area is 111 Å². The van der Waals surface area contributed by atoms with E-state index in [1.165, 1.54) is 0 Å². The Hall–Kier alpha value is -2.62. The van der Waals surface area contributed by atoms with Crippen molar-refractivity contribution in [3.63, 3.8) is 0 Å². The number of carbonyl (C=O) groups is 2. The Morgan fingerprint density at radius 2 is 1.58 bits per heavy atom. The molecule has 0 heterocycles. The SMILES string of the molecule is Cc1ccc(OC(=O)NC(=O)c2ccccc2)cc1. The van der Waals surface area contributed by atoms with Crippen molar-refractivity contribution in [3.05, 3.63) is 65.7 Å². The molecule has 4 nitrogen and oxygen atoms in total. The van der Waals surface area contributed by atoms with E-state index in [0.717, 1.165) is 5.56 Å². The maximum Gasteiger partial charge on any atom is 0.419 e. The van der Waals surface area contributed by atoms with E-state index in [1.807, 2.05) is 19.1 Å². The number of amides is 2. The van der Waals surface area contributed by atoms with E-state index in [0.29, 0.717) is 11.3 Å². The molecule has 0 aliphatic carbocycles. The Balaban J connectivity index is 1.95. The zero-order valence-corrected chi connectivity index (χ0v) is 10.4. The molecular weight excluding hydrogens is 242 g/mol. The van der Waals surface area contributed by atoms with E-state index in [2.05, 4.69) is 5.32 Å². The first-order chi connectivity index (χ1) is 9.15. The summed E-state index contributed by atoms with van der Waals surface area (Å²) in [5, 5.41) is 2.16. The lowest BCUT2D eigenvalue weighted by atomic mass is 10.2. The Kier molecular flexibility index (Phi) is 3.93. The second-order valence-corrected chi connectivity index (χ2v) is 4.02. The summed E-state index contributed by atoms with van der Waals surface area (Å²) in [6.07, 6.45) is -0.794. The minimum absolute atomic E-state index is 0.393. The van der Waals surface area contributed by atoms with Gasteiger partial charge in [0.15, 0.2) is 0 Å². The van der Waals surface area contributed by atoms with E-state index in [9.17, 15) is 9.59 Å². The fourth-order valence-corrected chi connectivity index (χ4v) is 1.49. The highest BCUT2D eigenvalue weighted by Gasteiger charge is 2.11. The molecule has 2 aromatic rings. The van der Waals surface area contributed by atoms with Crippen LogP contribution in [0, 0.1) is 6.92 Å². The number of nitrogens with one attached hydrogen (secondary N) is 1. The molecule has 0 aliphatic rings. The van der Waals surface area contributed by atoms with Crippen LogP contribution in [0.25, 0.3) is 0 Å². The number of ether oxygens (including phenoxy) is 1. The van der Waals surface area contributed by atoms with Crippen molar-refractivity contribution < 1.29 is 14.3 Å². The molecule has 2 amide bonds. The predicted molar refractivity (Wildman–Crippen MR) is 71.1 cm³/mol. The average molecular weight is 255 g/mol. The highest BCUT2D eigenvalue weighted by Crippen LogP contribution is 2.11. The minimum atomic E-state index is -0.794. The fourth-order valence-electron chi connectivity index (χ4n) is 1.49. The van der Waals surface area contributed by atoms with Crippen LogP contribution in [0.2, 0.25) is 0 Å². The predicted octanol–water partition coefficient (Wildman–Crippen LogP) is 2.92. The number of hydrogen-bond acceptors (Lipinski definition) is 3.